The number of aromatic nitrogens is 2. The summed E-state index contributed by atoms with van der Waals surface area (Å²) in [6.07, 6.45) is 1.62. The number of hydrogen-bond donors (Lipinski definition) is 1. The molecule has 0 fully saturated rings. The monoisotopic (exact) mass is 415 g/mol. The maximum Gasteiger partial charge on any atom is 0.333 e. The summed E-state index contributed by atoms with van der Waals surface area (Å²) in [5.74, 6) is -1.21. The standard InChI is InChI=1S/C24H18FN3O3/c25-19-12-11-16(28-23(30)17-8-2-3-9-20(17)26-24(28)31)14-18(19)22(29)27-13-5-7-15-6-1-4-10-21(15)27/h1-4,6,8-12,14H,5,7,13H2,(H,26,31). The second-order valence-corrected chi connectivity index (χ2v) is 7.47. The van der Waals surface area contributed by atoms with Crippen molar-refractivity contribution in [3.63, 3.8) is 0 Å². The van der Waals surface area contributed by atoms with E-state index in [1.807, 2.05) is 24.3 Å². The lowest BCUT2D eigenvalue weighted by molar-refractivity contribution is 0.0981. The molecule has 0 saturated carbocycles. The van der Waals surface area contributed by atoms with Gasteiger partial charge in [-0.3, -0.25) is 9.59 Å². The highest BCUT2D eigenvalue weighted by Gasteiger charge is 2.26. The number of para-hydroxylation sites is 2. The van der Waals surface area contributed by atoms with E-state index in [-0.39, 0.29) is 11.3 Å². The molecule has 2 heterocycles. The van der Waals surface area contributed by atoms with Gasteiger partial charge in [0.2, 0.25) is 0 Å². The number of aromatic amines is 1. The Bertz CT molecular complexity index is 1450. The molecule has 0 spiro atoms. The third-order valence-corrected chi connectivity index (χ3v) is 5.60. The van der Waals surface area contributed by atoms with Gasteiger partial charge < -0.3 is 9.88 Å². The molecule has 0 radical (unpaired) electrons. The Kier molecular flexibility index (Phi) is 4.51. The molecule has 31 heavy (non-hydrogen) atoms. The first-order chi connectivity index (χ1) is 15.0. The summed E-state index contributed by atoms with van der Waals surface area (Å²) in [7, 11) is 0. The van der Waals surface area contributed by atoms with Crippen molar-refractivity contribution >= 4 is 22.5 Å². The Morgan fingerprint density at radius 2 is 1.74 bits per heavy atom. The lowest BCUT2D eigenvalue weighted by Gasteiger charge is -2.29. The SMILES string of the molecule is O=C(c1cc(-n2c(=O)[nH]c3ccccc3c2=O)ccc1F)N1CCCc2ccccc21. The van der Waals surface area contributed by atoms with E-state index in [1.54, 1.807) is 29.2 Å². The van der Waals surface area contributed by atoms with Gasteiger partial charge >= 0.3 is 5.69 Å². The van der Waals surface area contributed by atoms with Crippen molar-refractivity contribution in [3.05, 3.63) is 105 Å². The molecular weight excluding hydrogens is 397 g/mol. The Hall–Kier alpha value is -4.00. The van der Waals surface area contributed by atoms with Crippen LogP contribution in [-0.2, 0) is 6.42 Å². The lowest BCUT2D eigenvalue weighted by Crippen LogP contribution is -2.36. The molecule has 0 atom stereocenters. The summed E-state index contributed by atoms with van der Waals surface area (Å²) < 4.78 is 15.6. The van der Waals surface area contributed by atoms with E-state index in [4.69, 9.17) is 0 Å². The molecular formula is C24H18FN3O3. The fraction of sp³-hybridized carbons (Fsp3) is 0.125. The van der Waals surface area contributed by atoms with Crippen LogP contribution in [0.1, 0.15) is 22.3 Å². The van der Waals surface area contributed by atoms with Crippen LogP contribution in [0.25, 0.3) is 16.6 Å². The van der Waals surface area contributed by atoms with E-state index >= 15 is 0 Å². The van der Waals surface area contributed by atoms with Crippen molar-refractivity contribution in [2.75, 3.05) is 11.4 Å². The number of rotatable bonds is 2. The van der Waals surface area contributed by atoms with Gasteiger partial charge in [0, 0.05) is 12.2 Å². The Balaban J connectivity index is 1.64. The summed E-state index contributed by atoms with van der Waals surface area (Å²) in [5.41, 5.74) is 0.952. The van der Waals surface area contributed by atoms with Gasteiger partial charge in [-0.1, -0.05) is 30.3 Å². The number of aryl methyl sites for hydroxylation is 1. The van der Waals surface area contributed by atoms with Crippen molar-refractivity contribution in [1.29, 1.82) is 0 Å². The van der Waals surface area contributed by atoms with Gasteiger partial charge in [0.25, 0.3) is 11.5 Å². The number of hydrogen-bond acceptors (Lipinski definition) is 3. The molecule has 4 aromatic rings. The molecule has 3 aromatic carbocycles. The molecule has 0 saturated heterocycles. The van der Waals surface area contributed by atoms with Crippen molar-refractivity contribution in [2.45, 2.75) is 12.8 Å². The van der Waals surface area contributed by atoms with Gasteiger partial charge in [-0.15, -0.1) is 0 Å². The topological polar surface area (TPSA) is 75.2 Å². The van der Waals surface area contributed by atoms with Gasteiger partial charge in [0.1, 0.15) is 5.82 Å². The fourth-order valence-electron chi connectivity index (χ4n) is 4.10. The Morgan fingerprint density at radius 1 is 0.968 bits per heavy atom. The molecule has 154 valence electrons. The van der Waals surface area contributed by atoms with Crippen LogP contribution in [0.2, 0.25) is 0 Å². The largest absolute Gasteiger partial charge is 0.333 e. The summed E-state index contributed by atoms with van der Waals surface area (Å²) >= 11 is 0. The van der Waals surface area contributed by atoms with Gasteiger partial charge in [-0.25, -0.2) is 13.8 Å². The van der Waals surface area contributed by atoms with E-state index in [2.05, 4.69) is 4.98 Å². The maximum atomic E-state index is 14.7. The van der Waals surface area contributed by atoms with E-state index in [0.29, 0.717) is 17.4 Å². The third-order valence-electron chi connectivity index (χ3n) is 5.60. The number of fused-ring (bicyclic) bond motifs is 2. The number of nitrogens with zero attached hydrogens (tertiary/aromatic N) is 2. The van der Waals surface area contributed by atoms with Crippen molar-refractivity contribution < 1.29 is 9.18 Å². The van der Waals surface area contributed by atoms with Crippen LogP contribution in [-0.4, -0.2) is 22.0 Å². The third kappa shape index (κ3) is 3.15. The summed E-state index contributed by atoms with van der Waals surface area (Å²) in [5, 5.41) is 0.323. The molecule has 1 amide bonds. The zero-order valence-electron chi connectivity index (χ0n) is 16.5. The van der Waals surface area contributed by atoms with Crippen molar-refractivity contribution in [1.82, 2.24) is 9.55 Å². The second kappa shape index (κ2) is 7.36. The average Bonchev–Trinajstić information content (AvgIpc) is 2.79. The summed E-state index contributed by atoms with van der Waals surface area (Å²) in [6, 6.07) is 17.9. The second-order valence-electron chi connectivity index (χ2n) is 7.47. The highest BCUT2D eigenvalue weighted by Crippen LogP contribution is 2.29. The molecule has 7 heteroatoms. The predicted molar refractivity (Wildman–Crippen MR) is 117 cm³/mol. The number of carbonyl (C=O) groups excluding carboxylic acids is 1. The number of nitrogens with one attached hydrogen (secondary N) is 1. The normalized spacial score (nSPS) is 13.3. The number of carbonyl (C=O) groups is 1. The number of benzene rings is 3. The molecule has 1 aliphatic rings. The summed E-state index contributed by atoms with van der Waals surface area (Å²) in [6.45, 7) is 0.468. The lowest BCUT2D eigenvalue weighted by atomic mass is 10.0. The molecule has 1 aromatic heterocycles. The first-order valence-corrected chi connectivity index (χ1v) is 9.98. The van der Waals surface area contributed by atoms with Crippen LogP contribution >= 0.6 is 0 Å². The molecule has 5 rings (SSSR count). The molecule has 0 bridgehead atoms. The Labute approximate surface area is 176 Å². The molecule has 1 aliphatic heterocycles. The smallest absolute Gasteiger partial charge is 0.308 e. The highest BCUT2D eigenvalue weighted by molar-refractivity contribution is 6.07. The molecule has 6 nitrogen and oxygen atoms in total. The van der Waals surface area contributed by atoms with Crippen LogP contribution in [0.3, 0.4) is 0 Å². The first kappa shape index (κ1) is 19.0. The molecule has 0 aliphatic carbocycles. The quantitative estimate of drug-likeness (QED) is 0.545. The van der Waals surface area contributed by atoms with Gasteiger partial charge in [0.05, 0.1) is 22.2 Å². The minimum atomic E-state index is -0.706. The van der Waals surface area contributed by atoms with E-state index in [0.717, 1.165) is 34.7 Å². The molecule has 0 unspecified atom stereocenters. The van der Waals surface area contributed by atoms with Crippen LogP contribution < -0.4 is 16.1 Å². The number of amides is 1. The van der Waals surface area contributed by atoms with Crippen molar-refractivity contribution in [2.24, 2.45) is 0 Å². The van der Waals surface area contributed by atoms with Crippen LogP contribution in [0.15, 0.2) is 76.3 Å². The maximum absolute atomic E-state index is 14.7. The van der Waals surface area contributed by atoms with Crippen LogP contribution in [0.5, 0.6) is 0 Å². The van der Waals surface area contributed by atoms with Crippen molar-refractivity contribution in [3.8, 4) is 5.69 Å². The van der Waals surface area contributed by atoms with Crippen LogP contribution in [0, 0.1) is 5.82 Å². The van der Waals surface area contributed by atoms with Gasteiger partial charge in [0.15, 0.2) is 0 Å². The predicted octanol–water partition coefficient (Wildman–Crippen LogP) is 3.41. The number of H-pyrrole nitrogens is 1. The zero-order valence-corrected chi connectivity index (χ0v) is 16.5. The Morgan fingerprint density at radius 3 is 2.61 bits per heavy atom. The van der Waals surface area contributed by atoms with Crippen LogP contribution in [0.4, 0.5) is 10.1 Å². The average molecular weight is 415 g/mol. The number of halogens is 1. The highest BCUT2D eigenvalue weighted by atomic mass is 19.1. The van der Waals surface area contributed by atoms with E-state index < -0.39 is 23.0 Å². The number of anilines is 1. The first-order valence-electron chi connectivity index (χ1n) is 9.98. The zero-order chi connectivity index (χ0) is 21.5. The van der Waals surface area contributed by atoms with Gasteiger partial charge in [-0.2, -0.15) is 0 Å². The molecule has 1 N–H and O–H groups in total. The summed E-state index contributed by atoms with van der Waals surface area (Å²) in [4.78, 5) is 43.0. The minimum absolute atomic E-state index is 0.132. The van der Waals surface area contributed by atoms with Gasteiger partial charge in [-0.05, 0) is 54.8 Å². The van der Waals surface area contributed by atoms with E-state index in [1.165, 1.54) is 12.1 Å². The fourth-order valence-corrected chi connectivity index (χ4v) is 4.10. The van der Waals surface area contributed by atoms with E-state index in [9.17, 15) is 18.8 Å². The minimum Gasteiger partial charge on any atom is -0.308 e.